The Morgan fingerprint density at radius 1 is 1.14 bits per heavy atom. The molecule has 2 aromatic rings. The summed E-state index contributed by atoms with van der Waals surface area (Å²) in [6.07, 6.45) is 0. The molecule has 4 heteroatoms. The van der Waals surface area contributed by atoms with Gasteiger partial charge in [0.2, 0.25) is 0 Å². The minimum atomic E-state index is -0.115. The summed E-state index contributed by atoms with van der Waals surface area (Å²) in [5, 5.41) is 0. The van der Waals surface area contributed by atoms with Gasteiger partial charge in [-0.2, -0.15) is 0 Å². The van der Waals surface area contributed by atoms with Gasteiger partial charge in [-0.3, -0.25) is 4.79 Å². The van der Waals surface area contributed by atoms with Crippen LogP contribution < -0.4 is 10.5 Å². The highest BCUT2D eigenvalue weighted by molar-refractivity contribution is 5.98. The first-order valence-electron chi connectivity index (χ1n) is 6.80. The van der Waals surface area contributed by atoms with E-state index in [4.69, 9.17) is 10.5 Å². The summed E-state index contributed by atoms with van der Waals surface area (Å²) in [6.45, 7) is 1.99. The number of carbonyl (C=O) groups is 1. The highest BCUT2D eigenvalue weighted by atomic mass is 16.5. The molecule has 2 rings (SSSR count). The molecule has 2 N–H and O–H groups in total. The standard InChI is InChI=1S/C17H20N2O2/c1-12(13-8-5-4-6-9-13)19(2)17(20)14-10-7-11-15(18)16(14)21-3/h4-12H,18H2,1-3H3. The van der Waals surface area contributed by atoms with Crippen LogP contribution in [-0.4, -0.2) is 25.0 Å². The Bertz CT molecular complexity index is 626. The molecule has 0 aromatic heterocycles. The molecule has 0 bridgehead atoms. The van der Waals surface area contributed by atoms with Crippen molar-refractivity contribution in [3.63, 3.8) is 0 Å². The Morgan fingerprint density at radius 3 is 2.43 bits per heavy atom. The Hall–Kier alpha value is -2.49. The fraction of sp³-hybridized carbons (Fsp3) is 0.235. The van der Waals surface area contributed by atoms with E-state index in [1.165, 1.54) is 7.11 Å². The number of benzene rings is 2. The highest BCUT2D eigenvalue weighted by Crippen LogP contribution is 2.29. The average Bonchev–Trinajstić information content (AvgIpc) is 2.53. The minimum absolute atomic E-state index is 0.0372. The van der Waals surface area contributed by atoms with Crippen LogP contribution >= 0.6 is 0 Å². The molecule has 1 amide bonds. The first kappa shape index (κ1) is 14.9. The number of amides is 1. The van der Waals surface area contributed by atoms with E-state index in [9.17, 15) is 4.79 Å². The van der Waals surface area contributed by atoms with Crippen molar-refractivity contribution < 1.29 is 9.53 Å². The summed E-state index contributed by atoms with van der Waals surface area (Å²) in [7, 11) is 3.30. The van der Waals surface area contributed by atoms with Gasteiger partial charge in [-0.15, -0.1) is 0 Å². The molecular formula is C17H20N2O2. The SMILES string of the molecule is COc1c(N)cccc1C(=O)N(C)C(C)c1ccccc1. The number of anilines is 1. The summed E-state index contributed by atoms with van der Waals surface area (Å²) >= 11 is 0. The van der Waals surface area contributed by atoms with Gasteiger partial charge in [0.25, 0.3) is 5.91 Å². The molecule has 1 unspecified atom stereocenters. The summed E-state index contributed by atoms with van der Waals surface area (Å²) in [5.41, 5.74) is 7.88. The van der Waals surface area contributed by atoms with Gasteiger partial charge in [0, 0.05) is 7.05 Å². The summed E-state index contributed by atoms with van der Waals surface area (Å²) in [5.74, 6) is 0.310. The average molecular weight is 284 g/mol. The number of hydrogen-bond acceptors (Lipinski definition) is 3. The lowest BCUT2D eigenvalue weighted by Crippen LogP contribution is -2.30. The van der Waals surface area contributed by atoms with Gasteiger partial charge in [0.1, 0.15) is 0 Å². The number of nitrogens with two attached hydrogens (primary N) is 1. The molecule has 4 nitrogen and oxygen atoms in total. The van der Waals surface area contributed by atoms with Crippen LogP contribution in [0.5, 0.6) is 5.75 Å². The van der Waals surface area contributed by atoms with Crippen LogP contribution in [-0.2, 0) is 0 Å². The minimum Gasteiger partial charge on any atom is -0.494 e. The lowest BCUT2D eigenvalue weighted by molar-refractivity contribution is 0.0739. The number of nitrogen functional groups attached to an aromatic ring is 1. The first-order chi connectivity index (χ1) is 10.1. The maximum absolute atomic E-state index is 12.7. The van der Waals surface area contributed by atoms with Crippen LogP contribution in [0.25, 0.3) is 0 Å². The Kier molecular flexibility index (Phi) is 4.48. The van der Waals surface area contributed by atoms with Gasteiger partial charge in [-0.1, -0.05) is 36.4 Å². The van der Waals surface area contributed by atoms with E-state index < -0.39 is 0 Å². The van der Waals surface area contributed by atoms with Gasteiger partial charge >= 0.3 is 0 Å². The largest absolute Gasteiger partial charge is 0.494 e. The Balaban J connectivity index is 2.30. The van der Waals surface area contributed by atoms with Gasteiger partial charge < -0.3 is 15.4 Å². The summed E-state index contributed by atoms with van der Waals surface area (Å²) in [4.78, 5) is 14.4. The predicted octanol–water partition coefficient (Wildman–Crippen LogP) is 3.11. The van der Waals surface area contributed by atoms with E-state index in [-0.39, 0.29) is 11.9 Å². The van der Waals surface area contributed by atoms with E-state index >= 15 is 0 Å². The lowest BCUT2D eigenvalue weighted by atomic mass is 10.1. The molecule has 110 valence electrons. The van der Waals surface area contributed by atoms with Crippen molar-refractivity contribution in [3.8, 4) is 5.75 Å². The molecule has 0 radical (unpaired) electrons. The second-order valence-electron chi connectivity index (χ2n) is 4.93. The van der Waals surface area contributed by atoms with Crippen molar-refractivity contribution in [2.45, 2.75) is 13.0 Å². The molecule has 2 aromatic carbocycles. The van der Waals surface area contributed by atoms with Crippen LogP contribution in [0.4, 0.5) is 5.69 Å². The van der Waals surface area contributed by atoms with E-state index in [0.29, 0.717) is 17.0 Å². The van der Waals surface area contributed by atoms with E-state index in [2.05, 4.69) is 0 Å². The third kappa shape index (κ3) is 2.99. The van der Waals surface area contributed by atoms with Gasteiger partial charge in [0.15, 0.2) is 5.75 Å². The predicted molar refractivity (Wildman–Crippen MR) is 84.4 cm³/mol. The van der Waals surface area contributed by atoms with Crippen molar-refractivity contribution in [1.82, 2.24) is 4.90 Å². The topological polar surface area (TPSA) is 55.6 Å². The van der Waals surface area contributed by atoms with Gasteiger partial charge in [-0.05, 0) is 24.6 Å². The fourth-order valence-electron chi connectivity index (χ4n) is 2.27. The summed E-state index contributed by atoms with van der Waals surface area (Å²) < 4.78 is 5.26. The zero-order chi connectivity index (χ0) is 15.4. The van der Waals surface area contributed by atoms with Crippen molar-refractivity contribution in [2.75, 3.05) is 19.9 Å². The quantitative estimate of drug-likeness (QED) is 0.878. The van der Waals surface area contributed by atoms with E-state index in [1.807, 2.05) is 37.3 Å². The van der Waals surface area contributed by atoms with Crippen molar-refractivity contribution in [3.05, 3.63) is 59.7 Å². The normalized spacial score (nSPS) is 11.8. The maximum Gasteiger partial charge on any atom is 0.257 e. The zero-order valence-electron chi connectivity index (χ0n) is 12.5. The van der Waals surface area contributed by atoms with Crippen LogP contribution in [0.1, 0.15) is 28.9 Å². The lowest BCUT2D eigenvalue weighted by Gasteiger charge is -2.26. The molecular weight excluding hydrogens is 264 g/mol. The maximum atomic E-state index is 12.7. The van der Waals surface area contributed by atoms with Crippen LogP contribution in [0, 0.1) is 0 Å². The monoisotopic (exact) mass is 284 g/mol. The molecule has 0 saturated carbocycles. The second kappa shape index (κ2) is 6.31. The molecule has 1 atom stereocenters. The third-order valence-electron chi connectivity index (χ3n) is 3.66. The van der Waals surface area contributed by atoms with E-state index in [0.717, 1.165) is 5.56 Å². The van der Waals surface area contributed by atoms with E-state index in [1.54, 1.807) is 30.1 Å². The number of para-hydroxylation sites is 1. The molecule has 21 heavy (non-hydrogen) atoms. The van der Waals surface area contributed by atoms with Crippen molar-refractivity contribution in [1.29, 1.82) is 0 Å². The smallest absolute Gasteiger partial charge is 0.257 e. The Labute approximate surface area is 125 Å². The second-order valence-corrected chi connectivity index (χ2v) is 4.93. The molecule has 0 fully saturated rings. The molecule has 0 spiro atoms. The number of rotatable bonds is 4. The zero-order valence-corrected chi connectivity index (χ0v) is 12.5. The van der Waals surface area contributed by atoms with Gasteiger partial charge in [-0.25, -0.2) is 0 Å². The fourth-order valence-corrected chi connectivity index (χ4v) is 2.27. The molecule has 0 aliphatic heterocycles. The molecule has 0 aliphatic carbocycles. The number of ether oxygens (including phenoxy) is 1. The number of hydrogen-bond donors (Lipinski definition) is 1. The number of carbonyl (C=O) groups excluding carboxylic acids is 1. The number of methoxy groups -OCH3 is 1. The van der Waals surface area contributed by atoms with Crippen molar-refractivity contribution >= 4 is 11.6 Å². The Morgan fingerprint density at radius 2 is 1.81 bits per heavy atom. The van der Waals surface area contributed by atoms with Gasteiger partial charge in [0.05, 0.1) is 24.4 Å². The highest BCUT2D eigenvalue weighted by Gasteiger charge is 2.22. The van der Waals surface area contributed by atoms with Crippen molar-refractivity contribution in [2.24, 2.45) is 0 Å². The van der Waals surface area contributed by atoms with Crippen LogP contribution in [0.3, 0.4) is 0 Å². The van der Waals surface area contributed by atoms with Crippen LogP contribution in [0.2, 0.25) is 0 Å². The molecule has 0 saturated heterocycles. The summed E-state index contributed by atoms with van der Waals surface area (Å²) in [6, 6.07) is 15.1. The van der Waals surface area contributed by atoms with Crippen LogP contribution in [0.15, 0.2) is 48.5 Å². The number of nitrogens with zero attached hydrogens (tertiary/aromatic N) is 1. The first-order valence-corrected chi connectivity index (χ1v) is 6.80. The third-order valence-corrected chi connectivity index (χ3v) is 3.66. The molecule has 0 aliphatic rings. The molecule has 0 heterocycles.